The van der Waals surface area contributed by atoms with Crippen molar-refractivity contribution >= 4 is 11.6 Å². The molecule has 6 nitrogen and oxygen atoms in total. The number of carbonyl (C=O) groups is 1. The minimum Gasteiger partial charge on any atom is -0.342 e. The molecule has 0 aliphatic heterocycles. The van der Waals surface area contributed by atoms with Crippen molar-refractivity contribution in [1.29, 1.82) is 0 Å². The van der Waals surface area contributed by atoms with Crippen LogP contribution in [0, 0.1) is 0 Å². The van der Waals surface area contributed by atoms with E-state index in [1.807, 2.05) is 19.1 Å². The fourth-order valence-corrected chi connectivity index (χ4v) is 4.29. The topological polar surface area (TPSA) is 70.5 Å². The zero-order valence-corrected chi connectivity index (χ0v) is 17.1. The first-order chi connectivity index (χ1) is 14.1. The molecule has 152 valence electrons. The molecule has 1 amide bonds. The lowest BCUT2D eigenvalue weighted by atomic mass is 9.84. The molecular weight excluding hydrogens is 364 g/mol. The van der Waals surface area contributed by atoms with Crippen molar-refractivity contribution < 1.29 is 4.79 Å². The summed E-state index contributed by atoms with van der Waals surface area (Å²) in [6.45, 7) is 2.68. The first-order valence-corrected chi connectivity index (χ1v) is 10.6. The second-order valence-corrected chi connectivity index (χ2v) is 8.01. The van der Waals surface area contributed by atoms with Crippen LogP contribution in [-0.4, -0.2) is 39.0 Å². The molecule has 1 saturated carbocycles. The van der Waals surface area contributed by atoms with E-state index in [0.29, 0.717) is 29.4 Å². The Morgan fingerprint density at radius 3 is 2.62 bits per heavy atom. The number of nitrogens with zero attached hydrogens (tertiary/aromatic N) is 3. The van der Waals surface area contributed by atoms with E-state index in [1.165, 1.54) is 48.2 Å². The Morgan fingerprint density at radius 2 is 1.93 bits per heavy atom. The summed E-state index contributed by atoms with van der Waals surface area (Å²) in [5, 5.41) is 2.86. The molecule has 0 unspecified atom stereocenters. The van der Waals surface area contributed by atoms with Crippen molar-refractivity contribution in [1.82, 2.24) is 19.5 Å². The SMILES string of the molecule is CCCN(C)C(=O)c1c[nH]n2c(=O)cc(-c3ccc(C4CCCCC4)cc3)nc12. The third-order valence-corrected chi connectivity index (χ3v) is 5.92. The quantitative estimate of drug-likeness (QED) is 0.707. The van der Waals surface area contributed by atoms with Gasteiger partial charge in [0.1, 0.15) is 5.56 Å². The molecule has 1 N–H and O–H groups in total. The van der Waals surface area contributed by atoms with Crippen LogP contribution < -0.4 is 5.56 Å². The van der Waals surface area contributed by atoms with E-state index >= 15 is 0 Å². The van der Waals surface area contributed by atoms with Gasteiger partial charge in [-0.1, -0.05) is 50.5 Å². The van der Waals surface area contributed by atoms with Crippen LogP contribution in [0.15, 0.2) is 41.3 Å². The molecule has 1 fully saturated rings. The van der Waals surface area contributed by atoms with Gasteiger partial charge in [-0.15, -0.1) is 0 Å². The Hall–Kier alpha value is -2.89. The number of benzene rings is 1. The van der Waals surface area contributed by atoms with E-state index in [-0.39, 0.29) is 11.5 Å². The largest absolute Gasteiger partial charge is 0.342 e. The lowest BCUT2D eigenvalue weighted by molar-refractivity contribution is 0.0797. The summed E-state index contributed by atoms with van der Waals surface area (Å²) in [7, 11) is 1.77. The highest BCUT2D eigenvalue weighted by molar-refractivity contribution is 5.99. The Kier molecular flexibility index (Phi) is 5.51. The Bertz CT molecular complexity index is 1060. The summed E-state index contributed by atoms with van der Waals surface area (Å²) in [6, 6.07) is 9.92. The Morgan fingerprint density at radius 1 is 1.21 bits per heavy atom. The van der Waals surface area contributed by atoms with Crippen molar-refractivity contribution in [2.45, 2.75) is 51.4 Å². The second kappa shape index (κ2) is 8.23. The Labute approximate surface area is 170 Å². The fourth-order valence-electron chi connectivity index (χ4n) is 4.29. The third kappa shape index (κ3) is 3.84. The molecule has 0 radical (unpaired) electrons. The molecule has 29 heavy (non-hydrogen) atoms. The predicted octanol–water partition coefficient (Wildman–Crippen LogP) is 4.22. The van der Waals surface area contributed by atoms with E-state index in [2.05, 4.69) is 22.2 Å². The van der Waals surface area contributed by atoms with Crippen LogP contribution in [0.2, 0.25) is 0 Å². The van der Waals surface area contributed by atoms with E-state index < -0.39 is 0 Å². The lowest BCUT2D eigenvalue weighted by Crippen LogP contribution is -2.27. The van der Waals surface area contributed by atoms with Gasteiger partial charge >= 0.3 is 0 Å². The number of aromatic amines is 1. The van der Waals surface area contributed by atoms with E-state index in [9.17, 15) is 9.59 Å². The van der Waals surface area contributed by atoms with Crippen molar-refractivity contribution in [3.63, 3.8) is 0 Å². The average Bonchev–Trinajstić information content (AvgIpc) is 3.19. The van der Waals surface area contributed by atoms with Gasteiger partial charge in [-0.25, -0.2) is 9.50 Å². The van der Waals surface area contributed by atoms with Crippen LogP contribution >= 0.6 is 0 Å². The van der Waals surface area contributed by atoms with Crippen LogP contribution in [0.25, 0.3) is 16.9 Å². The number of H-pyrrole nitrogens is 1. The molecule has 1 aliphatic carbocycles. The molecular formula is C23H28N4O2. The molecule has 1 aliphatic rings. The van der Waals surface area contributed by atoms with Gasteiger partial charge in [-0.05, 0) is 30.7 Å². The first kappa shape index (κ1) is 19.4. The van der Waals surface area contributed by atoms with Crippen molar-refractivity contribution in [3.8, 4) is 11.3 Å². The maximum atomic E-state index is 12.7. The molecule has 0 spiro atoms. The van der Waals surface area contributed by atoms with Gasteiger partial charge in [-0.2, -0.15) is 0 Å². The van der Waals surface area contributed by atoms with Gasteiger partial charge in [-0.3, -0.25) is 14.7 Å². The number of rotatable bonds is 5. The summed E-state index contributed by atoms with van der Waals surface area (Å²) in [6.07, 6.45) is 8.89. The molecule has 6 heteroatoms. The van der Waals surface area contributed by atoms with Crippen molar-refractivity contribution in [2.75, 3.05) is 13.6 Å². The van der Waals surface area contributed by atoms with E-state index in [1.54, 1.807) is 18.1 Å². The normalized spacial score (nSPS) is 15.0. The average molecular weight is 393 g/mol. The molecule has 0 saturated heterocycles. The summed E-state index contributed by atoms with van der Waals surface area (Å²) in [5.74, 6) is 0.504. The molecule has 1 aromatic carbocycles. The summed E-state index contributed by atoms with van der Waals surface area (Å²) < 4.78 is 1.33. The van der Waals surface area contributed by atoms with Crippen LogP contribution in [0.5, 0.6) is 0 Å². The van der Waals surface area contributed by atoms with Gasteiger partial charge in [0.15, 0.2) is 5.65 Å². The smallest absolute Gasteiger partial charge is 0.273 e. The second-order valence-electron chi connectivity index (χ2n) is 8.01. The number of amides is 1. The number of hydrogen-bond acceptors (Lipinski definition) is 3. The van der Waals surface area contributed by atoms with Crippen molar-refractivity contribution in [3.05, 3.63) is 58.0 Å². The van der Waals surface area contributed by atoms with E-state index in [0.717, 1.165) is 12.0 Å². The number of fused-ring (bicyclic) bond motifs is 1. The number of aromatic nitrogens is 3. The van der Waals surface area contributed by atoms with Gasteiger partial charge in [0, 0.05) is 31.4 Å². The zero-order chi connectivity index (χ0) is 20.4. The minimum absolute atomic E-state index is 0.137. The molecule has 3 aromatic rings. The van der Waals surface area contributed by atoms with Gasteiger partial charge in [0.25, 0.3) is 11.5 Å². The summed E-state index contributed by atoms with van der Waals surface area (Å²) in [4.78, 5) is 31.6. The lowest BCUT2D eigenvalue weighted by Gasteiger charge is -2.22. The highest BCUT2D eigenvalue weighted by Gasteiger charge is 2.19. The highest BCUT2D eigenvalue weighted by atomic mass is 16.2. The van der Waals surface area contributed by atoms with Crippen LogP contribution in [0.1, 0.15) is 67.3 Å². The van der Waals surface area contributed by atoms with Crippen LogP contribution in [0.4, 0.5) is 0 Å². The maximum Gasteiger partial charge on any atom is 0.273 e. The zero-order valence-electron chi connectivity index (χ0n) is 17.1. The van der Waals surface area contributed by atoms with Gasteiger partial charge in [0.05, 0.1) is 5.69 Å². The number of hydrogen-bond donors (Lipinski definition) is 1. The molecule has 4 rings (SSSR count). The highest BCUT2D eigenvalue weighted by Crippen LogP contribution is 2.33. The predicted molar refractivity (Wildman–Crippen MR) is 114 cm³/mol. The number of carbonyl (C=O) groups excluding carboxylic acids is 1. The van der Waals surface area contributed by atoms with Crippen LogP contribution in [-0.2, 0) is 0 Å². The van der Waals surface area contributed by atoms with E-state index in [4.69, 9.17) is 0 Å². The molecule has 2 heterocycles. The fraction of sp³-hybridized carbons (Fsp3) is 0.435. The molecule has 0 atom stereocenters. The van der Waals surface area contributed by atoms with Gasteiger partial charge < -0.3 is 4.90 Å². The van der Waals surface area contributed by atoms with Gasteiger partial charge in [0.2, 0.25) is 0 Å². The summed E-state index contributed by atoms with van der Waals surface area (Å²) in [5.41, 5.74) is 3.42. The van der Waals surface area contributed by atoms with Crippen molar-refractivity contribution in [2.24, 2.45) is 0 Å². The molecule has 2 aromatic heterocycles. The van der Waals surface area contributed by atoms with Crippen LogP contribution in [0.3, 0.4) is 0 Å². The standard InChI is InChI=1S/C23H28N4O2/c1-3-13-26(2)23(29)19-15-24-27-21(28)14-20(25-22(19)27)18-11-9-17(10-12-18)16-7-5-4-6-8-16/h9-12,14-16,24H,3-8,13H2,1-2H3. The third-order valence-electron chi connectivity index (χ3n) is 5.92. The Balaban J connectivity index is 1.68. The molecule has 0 bridgehead atoms. The maximum absolute atomic E-state index is 12.7. The minimum atomic E-state index is -0.224. The first-order valence-electron chi connectivity index (χ1n) is 10.6. The number of nitrogens with one attached hydrogen (secondary N) is 1. The summed E-state index contributed by atoms with van der Waals surface area (Å²) >= 11 is 0. The monoisotopic (exact) mass is 392 g/mol.